The highest BCUT2D eigenvalue weighted by molar-refractivity contribution is 5.38. The number of aromatic nitrogens is 4. The zero-order valence-electron chi connectivity index (χ0n) is 14.7. The molecule has 0 saturated heterocycles. The first-order valence-corrected chi connectivity index (χ1v) is 8.20. The maximum Gasteiger partial charge on any atom is 0.247 e. The fourth-order valence-electron chi connectivity index (χ4n) is 2.73. The molecule has 2 aromatic carbocycles. The molecule has 0 radical (unpaired) electrons. The second-order valence-corrected chi connectivity index (χ2v) is 6.03. The Bertz CT molecular complexity index is 785. The molecule has 0 saturated carbocycles. The second kappa shape index (κ2) is 7.76. The Labute approximate surface area is 147 Å². The number of anilines is 1. The van der Waals surface area contributed by atoms with Crippen LogP contribution in [0.25, 0.3) is 5.69 Å². The molecule has 0 aliphatic heterocycles. The Morgan fingerprint density at radius 2 is 1.80 bits per heavy atom. The number of likely N-dealkylation sites (N-methyl/N-ethyl adjacent to an activating group) is 1. The molecule has 3 rings (SSSR count). The lowest BCUT2D eigenvalue weighted by Crippen LogP contribution is -3.06. The highest BCUT2D eigenvalue weighted by atomic mass is 16.5. The number of benzene rings is 2. The van der Waals surface area contributed by atoms with E-state index in [2.05, 4.69) is 47.1 Å². The quantitative estimate of drug-likeness (QED) is 0.671. The van der Waals surface area contributed by atoms with Gasteiger partial charge in [-0.15, -0.1) is 0 Å². The SMILES string of the molecule is COc1ccc([C@H](CNc2nnnn2-c2ccccc2)[NH+](C)C)cc1. The molecule has 2 N–H and O–H groups in total. The number of para-hydroxylation sites is 1. The van der Waals surface area contributed by atoms with Crippen LogP contribution in [-0.4, -0.2) is 48.0 Å². The van der Waals surface area contributed by atoms with Crippen LogP contribution in [0.15, 0.2) is 54.6 Å². The van der Waals surface area contributed by atoms with Crippen LogP contribution in [0, 0.1) is 0 Å². The molecule has 0 aliphatic rings. The van der Waals surface area contributed by atoms with Crippen molar-refractivity contribution in [3.05, 3.63) is 60.2 Å². The van der Waals surface area contributed by atoms with Gasteiger partial charge in [0.1, 0.15) is 11.8 Å². The second-order valence-electron chi connectivity index (χ2n) is 6.03. The minimum Gasteiger partial charge on any atom is -0.497 e. The van der Waals surface area contributed by atoms with Gasteiger partial charge in [-0.25, -0.2) is 0 Å². The van der Waals surface area contributed by atoms with Crippen LogP contribution in [0.1, 0.15) is 11.6 Å². The maximum atomic E-state index is 5.24. The van der Waals surface area contributed by atoms with Gasteiger partial charge < -0.3 is 15.0 Å². The lowest BCUT2D eigenvalue weighted by atomic mass is 10.1. The predicted octanol–water partition coefficient (Wildman–Crippen LogP) is 0.969. The first kappa shape index (κ1) is 16.9. The molecular weight excluding hydrogens is 316 g/mol. The van der Waals surface area contributed by atoms with Crippen LogP contribution >= 0.6 is 0 Å². The van der Waals surface area contributed by atoms with Gasteiger partial charge in [0.25, 0.3) is 0 Å². The number of hydrogen-bond donors (Lipinski definition) is 2. The Morgan fingerprint density at radius 3 is 2.44 bits per heavy atom. The van der Waals surface area contributed by atoms with Gasteiger partial charge >= 0.3 is 0 Å². The van der Waals surface area contributed by atoms with Gasteiger partial charge in [-0.2, -0.15) is 4.68 Å². The van der Waals surface area contributed by atoms with E-state index in [-0.39, 0.29) is 6.04 Å². The lowest BCUT2D eigenvalue weighted by Gasteiger charge is -2.22. The van der Waals surface area contributed by atoms with Crippen molar-refractivity contribution >= 4 is 5.95 Å². The Kier molecular flexibility index (Phi) is 5.25. The zero-order chi connectivity index (χ0) is 17.6. The van der Waals surface area contributed by atoms with Crippen molar-refractivity contribution in [1.29, 1.82) is 0 Å². The molecule has 7 heteroatoms. The summed E-state index contributed by atoms with van der Waals surface area (Å²) in [4.78, 5) is 1.32. The molecule has 3 aromatic rings. The van der Waals surface area contributed by atoms with E-state index in [4.69, 9.17) is 4.74 Å². The van der Waals surface area contributed by atoms with E-state index in [9.17, 15) is 0 Å². The minimum absolute atomic E-state index is 0.256. The summed E-state index contributed by atoms with van der Waals surface area (Å²) in [5, 5.41) is 15.3. The van der Waals surface area contributed by atoms with Crippen molar-refractivity contribution in [3.63, 3.8) is 0 Å². The normalized spacial score (nSPS) is 12.2. The summed E-state index contributed by atoms with van der Waals surface area (Å²) in [6.07, 6.45) is 0. The van der Waals surface area contributed by atoms with Crippen molar-refractivity contribution in [2.24, 2.45) is 0 Å². The summed E-state index contributed by atoms with van der Waals surface area (Å²) >= 11 is 0. The average Bonchev–Trinajstić information content (AvgIpc) is 3.11. The summed E-state index contributed by atoms with van der Waals surface area (Å²) in [6, 6.07) is 18.3. The van der Waals surface area contributed by atoms with Gasteiger partial charge in [0.15, 0.2) is 0 Å². The fraction of sp³-hybridized carbons (Fsp3) is 0.278. The highest BCUT2D eigenvalue weighted by Gasteiger charge is 2.19. The summed E-state index contributed by atoms with van der Waals surface area (Å²) in [7, 11) is 5.95. The number of rotatable bonds is 7. The molecule has 1 heterocycles. The van der Waals surface area contributed by atoms with E-state index in [0.717, 1.165) is 11.4 Å². The predicted molar refractivity (Wildman–Crippen MR) is 96.2 cm³/mol. The third-order valence-electron chi connectivity index (χ3n) is 4.15. The topological polar surface area (TPSA) is 69.3 Å². The van der Waals surface area contributed by atoms with Gasteiger partial charge in [-0.05, 0) is 46.8 Å². The largest absolute Gasteiger partial charge is 0.497 e. The number of methoxy groups -OCH3 is 1. The van der Waals surface area contributed by atoms with Gasteiger partial charge in [0.2, 0.25) is 5.95 Å². The molecule has 0 fully saturated rings. The molecule has 130 valence electrons. The third-order valence-corrected chi connectivity index (χ3v) is 4.15. The molecule has 25 heavy (non-hydrogen) atoms. The number of hydrogen-bond acceptors (Lipinski definition) is 5. The van der Waals surface area contributed by atoms with Crippen LogP contribution < -0.4 is 15.0 Å². The van der Waals surface area contributed by atoms with Gasteiger partial charge in [-0.1, -0.05) is 23.3 Å². The van der Waals surface area contributed by atoms with E-state index in [1.165, 1.54) is 10.5 Å². The highest BCUT2D eigenvalue weighted by Crippen LogP contribution is 2.17. The van der Waals surface area contributed by atoms with Crippen LogP contribution in [0.3, 0.4) is 0 Å². The summed E-state index contributed by atoms with van der Waals surface area (Å²) in [6.45, 7) is 0.710. The molecule has 1 atom stereocenters. The molecule has 0 bridgehead atoms. The van der Waals surface area contributed by atoms with Crippen LogP contribution in [0.2, 0.25) is 0 Å². The van der Waals surface area contributed by atoms with E-state index in [0.29, 0.717) is 12.5 Å². The van der Waals surface area contributed by atoms with E-state index in [1.54, 1.807) is 11.8 Å². The van der Waals surface area contributed by atoms with Crippen LogP contribution in [-0.2, 0) is 0 Å². The van der Waals surface area contributed by atoms with Crippen molar-refractivity contribution < 1.29 is 9.64 Å². The average molecular weight is 339 g/mol. The monoisotopic (exact) mass is 339 g/mol. The third kappa shape index (κ3) is 3.95. The lowest BCUT2D eigenvalue weighted by molar-refractivity contribution is -0.890. The van der Waals surface area contributed by atoms with Crippen LogP contribution in [0.5, 0.6) is 5.75 Å². The molecule has 0 spiro atoms. The van der Waals surface area contributed by atoms with Crippen molar-refractivity contribution in [2.45, 2.75) is 6.04 Å². The Balaban J connectivity index is 1.75. The van der Waals surface area contributed by atoms with Crippen molar-refractivity contribution in [2.75, 3.05) is 33.1 Å². The molecule has 7 nitrogen and oxygen atoms in total. The minimum atomic E-state index is 0.256. The van der Waals surface area contributed by atoms with E-state index in [1.807, 2.05) is 42.5 Å². The Hall–Kier alpha value is -2.93. The summed E-state index contributed by atoms with van der Waals surface area (Å²) in [5.74, 6) is 1.49. The number of nitrogens with one attached hydrogen (secondary N) is 2. The Morgan fingerprint density at radius 1 is 1.08 bits per heavy atom. The molecule has 0 amide bonds. The van der Waals surface area contributed by atoms with Crippen LogP contribution in [0.4, 0.5) is 5.95 Å². The first-order chi connectivity index (χ1) is 12.2. The number of tetrazole rings is 1. The fourth-order valence-corrected chi connectivity index (χ4v) is 2.73. The number of ether oxygens (including phenoxy) is 1. The summed E-state index contributed by atoms with van der Waals surface area (Å²) < 4.78 is 6.95. The summed E-state index contributed by atoms with van der Waals surface area (Å²) in [5.41, 5.74) is 2.15. The van der Waals surface area contributed by atoms with Crippen molar-refractivity contribution in [3.8, 4) is 11.4 Å². The van der Waals surface area contributed by atoms with Gasteiger partial charge in [0.05, 0.1) is 33.4 Å². The van der Waals surface area contributed by atoms with Gasteiger partial charge in [0, 0.05) is 5.56 Å². The van der Waals surface area contributed by atoms with Gasteiger partial charge in [-0.3, -0.25) is 0 Å². The first-order valence-electron chi connectivity index (χ1n) is 8.20. The van der Waals surface area contributed by atoms with E-state index >= 15 is 0 Å². The zero-order valence-corrected chi connectivity index (χ0v) is 14.7. The number of quaternary nitrogens is 1. The maximum absolute atomic E-state index is 5.24. The smallest absolute Gasteiger partial charge is 0.247 e. The molecule has 0 unspecified atom stereocenters. The van der Waals surface area contributed by atoms with Crippen molar-refractivity contribution in [1.82, 2.24) is 20.2 Å². The standard InChI is InChI=1S/C18H22N6O/c1-23(2)17(14-9-11-16(25-3)12-10-14)13-19-18-20-21-22-24(18)15-7-5-4-6-8-15/h4-12,17H,13H2,1-3H3,(H,19,20,22)/p+1/t17-/m0/s1. The number of nitrogens with zero attached hydrogens (tertiary/aromatic N) is 4. The molecule has 0 aliphatic carbocycles. The van der Waals surface area contributed by atoms with E-state index < -0.39 is 0 Å². The molecule has 1 aromatic heterocycles. The molecular formula is C18H23N6O+.